The minimum Gasteiger partial charge on any atom is -0.495 e. The first-order valence-corrected chi connectivity index (χ1v) is 11.9. The lowest BCUT2D eigenvalue weighted by atomic mass is 9.92. The van der Waals surface area contributed by atoms with Gasteiger partial charge in [0, 0.05) is 50.9 Å². The van der Waals surface area contributed by atoms with Crippen LogP contribution in [-0.2, 0) is 4.79 Å². The molecule has 1 fully saturated rings. The molecule has 2 aromatic heterocycles. The van der Waals surface area contributed by atoms with E-state index in [-0.39, 0.29) is 24.1 Å². The minimum atomic E-state index is -0.310. The van der Waals surface area contributed by atoms with Crippen molar-refractivity contribution >= 4 is 17.2 Å². The van der Waals surface area contributed by atoms with Gasteiger partial charge in [-0.05, 0) is 54.4 Å². The fraction of sp³-hybridized carbons (Fsp3) is 0.286. The van der Waals surface area contributed by atoms with Gasteiger partial charge in [0.15, 0.2) is 0 Å². The van der Waals surface area contributed by atoms with Crippen LogP contribution in [0.5, 0.6) is 5.75 Å². The van der Waals surface area contributed by atoms with Gasteiger partial charge < -0.3 is 18.9 Å². The van der Waals surface area contributed by atoms with Crippen LogP contribution in [-0.4, -0.2) is 53.5 Å². The molecule has 5 rings (SSSR count). The van der Waals surface area contributed by atoms with Gasteiger partial charge in [0.25, 0.3) is 0 Å². The third-order valence-corrected chi connectivity index (χ3v) is 6.74. The fourth-order valence-electron chi connectivity index (χ4n) is 4.87. The summed E-state index contributed by atoms with van der Waals surface area (Å²) in [4.78, 5) is 22.2. The van der Waals surface area contributed by atoms with Crippen LogP contribution in [0.3, 0.4) is 0 Å². The molecule has 0 spiro atoms. The Morgan fingerprint density at radius 2 is 1.86 bits per heavy atom. The second-order valence-electron chi connectivity index (χ2n) is 8.97. The summed E-state index contributed by atoms with van der Waals surface area (Å²) in [5.41, 5.74) is 4.63. The Kier molecular flexibility index (Phi) is 6.40. The number of anilines is 1. The molecule has 1 unspecified atom stereocenters. The average Bonchev–Trinajstić information content (AvgIpc) is 3.30. The molecule has 1 saturated heterocycles. The summed E-state index contributed by atoms with van der Waals surface area (Å²) < 4.78 is 21.7. The molecule has 0 aliphatic carbocycles. The van der Waals surface area contributed by atoms with E-state index in [2.05, 4.69) is 9.88 Å². The zero-order chi connectivity index (χ0) is 24.4. The van der Waals surface area contributed by atoms with Crippen LogP contribution in [0.25, 0.3) is 5.65 Å². The maximum absolute atomic E-state index is 14.2. The van der Waals surface area contributed by atoms with Crippen LogP contribution in [0.15, 0.2) is 73.1 Å². The topological polar surface area (TPSA) is 50.1 Å². The summed E-state index contributed by atoms with van der Waals surface area (Å²) >= 11 is 0. The number of ether oxygens (including phenoxy) is 1. The number of fused-ring (bicyclic) bond motifs is 1. The van der Waals surface area contributed by atoms with Crippen molar-refractivity contribution in [1.29, 1.82) is 0 Å². The number of pyridine rings is 1. The normalized spacial score (nSPS) is 14.8. The van der Waals surface area contributed by atoms with Gasteiger partial charge in [-0.2, -0.15) is 0 Å². The Bertz CT molecular complexity index is 1340. The van der Waals surface area contributed by atoms with Gasteiger partial charge in [-0.25, -0.2) is 9.37 Å². The molecule has 7 heteroatoms. The zero-order valence-electron chi connectivity index (χ0n) is 20.0. The first-order valence-electron chi connectivity index (χ1n) is 11.9. The average molecular weight is 473 g/mol. The monoisotopic (exact) mass is 472 g/mol. The molecule has 1 amide bonds. The Morgan fingerprint density at radius 1 is 1.06 bits per heavy atom. The van der Waals surface area contributed by atoms with E-state index in [1.165, 1.54) is 12.1 Å². The van der Waals surface area contributed by atoms with Gasteiger partial charge in [-0.1, -0.05) is 24.3 Å². The van der Waals surface area contributed by atoms with Crippen molar-refractivity contribution in [3.05, 3.63) is 95.7 Å². The largest absolute Gasteiger partial charge is 0.495 e. The minimum absolute atomic E-state index is 0.0565. The van der Waals surface area contributed by atoms with E-state index in [0.717, 1.165) is 47.0 Å². The van der Waals surface area contributed by atoms with Gasteiger partial charge in [-0.15, -0.1) is 0 Å². The van der Waals surface area contributed by atoms with Gasteiger partial charge in [0.2, 0.25) is 5.91 Å². The summed E-state index contributed by atoms with van der Waals surface area (Å²) in [7, 11) is 1.67. The highest BCUT2D eigenvalue weighted by atomic mass is 19.1. The van der Waals surface area contributed by atoms with Crippen LogP contribution in [0.4, 0.5) is 10.1 Å². The molecule has 1 aliphatic heterocycles. The summed E-state index contributed by atoms with van der Waals surface area (Å²) in [6.45, 7) is 4.72. The number of carbonyl (C=O) groups excluding carboxylic acids is 1. The predicted molar refractivity (Wildman–Crippen MR) is 135 cm³/mol. The molecule has 180 valence electrons. The highest BCUT2D eigenvalue weighted by molar-refractivity contribution is 5.78. The SMILES string of the molecule is COc1ccccc1N1CCN(C(=O)CC(c2cccc(F)c2)c2cnc3cc(C)ccn23)CC1. The van der Waals surface area contributed by atoms with Crippen LogP contribution < -0.4 is 9.64 Å². The van der Waals surface area contributed by atoms with Crippen LogP contribution in [0, 0.1) is 12.7 Å². The van der Waals surface area contributed by atoms with Crippen molar-refractivity contribution in [3.8, 4) is 5.75 Å². The molecule has 1 aliphatic rings. The van der Waals surface area contributed by atoms with Crippen molar-refractivity contribution in [2.24, 2.45) is 0 Å². The van der Waals surface area contributed by atoms with E-state index in [1.807, 2.05) is 64.9 Å². The Morgan fingerprint density at radius 3 is 2.63 bits per heavy atom. The van der Waals surface area contributed by atoms with Gasteiger partial charge in [0.05, 0.1) is 18.5 Å². The number of benzene rings is 2. The maximum Gasteiger partial charge on any atom is 0.223 e. The first kappa shape index (κ1) is 22.9. The molecule has 3 heterocycles. The molecule has 1 atom stereocenters. The quantitative estimate of drug-likeness (QED) is 0.410. The highest BCUT2D eigenvalue weighted by Crippen LogP contribution is 2.32. The summed E-state index contributed by atoms with van der Waals surface area (Å²) in [6.07, 6.45) is 4.02. The lowest BCUT2D eigenvalue weighted by molar-refractivity contribution is -0.131. The molecule has 6 nitrogen and oxygen atoms in total. The van der Waals surface area contributed by atoms with Gasteiger partial charge in [-0.3, -0.25) is 4.79 Å². The molecule has 35 heavy (non-hydrogen) atoms. The number of aryl methyl sites for hydroxylation is 1. The molecular weight excluding hydrogens is 443 g/mol. The number of methoxy groups -OCH3 is 1. The first-order chi connectivity index (χ1) is 17.0. The fourth-order valence-corrected chi connectivity index (χ4v) is 4.87. The van der Waals surface area contributed by atoms with Crippen molar-refractivity contribution in [2.75, 3.05) is 38.2 Å². The second kappa shape index (κ2) is 9.78. The van der Waals surface area contributed by atoms with Crippen LogP contribution in [0.1, 0.15) is 29.2 Å². The van der Waals surface area contributed by atoms with Crippen LogP contribution in [0.2, 0.25) is 0 Å². The molecule has 0 radical (unpaired) electrons. The predicted octanol–water partition coefficient (Wildman–Crippen LogP) is 4.66. The van der Waals surface area contributed by atoms with Gasteiger partial charge >= 0.3 is 0 Å². The molecule has 0 saturated carbocycles. The summed E-state index contributed by atoms with van der Waals surface area (Å²) in [6, 6.07) is 18.5. The van der Waals surface area contributed by atoms with E-state index in [0.29, 0.717) is 13.1 Å². The van der Waals surface area contributed by atoms with E-state index >= 15 is 0 Å². The van der Waals surface area contributed by atoms with E-state index in [4.69, 9.17) is 4.74 Å². The number of hydrogen-bond acceptors (Lipinski definition) is 4. The number of aromatic nitrogens is 2. The number of rotatable bonds is 6. The lowest BCUT2D eigenvalue weighted by Gasteiger charge is -2.37. The number of para-hydroxylation sites is 2. The number of nitrogens with zero attached hydrogens (tertiary/aromatic N) is 4. The van der Waals surface area contributed by atoms with Crippen molar-refractivity contribution in [2.45, 2.75) is 19.3 Å². The molecule has 2 aromatic carbocycles. The van der Waals surface area contributed by atoms with Gasteiger partial charge in [0.1, 0.15) is 17.2 Å². The molecule has 4 aromatic rings. The smallest absolute Gasteiger partial charge is 0.223 e. The standard InChI is InChI=1S/C28H29FN4O2/c1-20-10-11-33-25(19-30-27(33)16-20)23(21-6-5-7-22(29)17-21)18-28(34)32-14-12-31(13-15-32)24-8-3-4-9-26(24)35-2/h3-11,16-17,19,23H,12-15,18H2,1-2H3. The Balaban J connectivity index is 1.37. The number of carbonyl (C=O) groups is 1. The van der Waals surface area contributed by atoms with E-state index in [9.17, 15) is 9.18 Å². The number of imidazole rings is 1. The van der Waals surface area contributed by atoms with Crippen LogP contribution >= 0.6 is 0 Å². The lowest BCUT2D eigenvalue weighted by Crippen LogP contribution is -2.49. The number of amides is 1. The summed E-state index contributed by atoms with van der Waals surface area (Å²) in [5.74, 6) is 0.278. The molecule has 0 N–H and O–H groups in total. The molecular formula is C28H29FN4O2. The number of halogens is 1. The van der Waals surface area contributed by atoms with E-state index < -0.39 is 0 Å². The van der Waals surface area contributed by atoms with Crippen molar-refractivity contribution in [1.82, 2.24) is 14.3 Å². The Hall–Kier alpha value is -3.87. The third-order valence-electron chi connectivity index (χ3n) is 6.74. The summed E-state index contributed by atoms with van der Waals surface area (Å²) in [5, 5.41) is 0. The molecule has 0 bridgehead atoms. The maximum atomic E-state index is 14.2. The zero-order valence-corrected chi connectivity index (χ0v) is 20.0. The third kappa shape index (κ3) is 4.71. The number of piperazine rings is 1. The highest BCUT2D eigenvalue weighted by Gasteiger charge is 2.28. The van der Waals surface area contributed by atoms with E-state index in [1.54, 1.807) is 19.4 Å². The number of hydrogen-bond donors (Lipinski definition) is 0. The van der Waals surface area contributed by atoms with Crippen molar-refractivity contribution in [3.63, 3.8) is 0 Å². The second-order valence-corrected chi connectivity index (χ2v) is 8.97. The Labute approximate surface area is 204 Å². The van der Waals surface area contributed by atoms with Crippen molar-refractivity contribution < 1.29 is 13.9 Å².